The molecule has 0 aliphatic heterocycles. The van der Waals surface area contributed by atoms with Crippen molar-refractivity contribution in [3.63, 3.8) is 0 Å². The Hall–Kier alpha value is 0.540. The molecule has 1 aromatic rings. The second kappa shape index (κ2) is 5.27. The fourth-order valence-corrected chi connectivity index (χ4v) is 2.84. The third kappa shape index (κ3) is 4.01. The number of hydrogen-bond acceptors (Lipinski definition) is 3. The highest BCUT2D eigenvalue weighted by Gasteiger charge is 2.36. The summed E-state index contributed by atoms with van der Waals surface area (Å²) in [6.07, 6.45) is 0. The maximum atomic E-state index is 10.5. The first-order valence-electron chi connectivity index (χ1n) is 3.74. The summed E-state index contributed by atoms with van der Waals surface area (Å²) in [6.45, 7) is 0. The lowest BCUT2D eigenvalue weighted by atomic mass is 10.2. The van der Waals surface area contributed by atoms with Crippen LogP contribution in [0.5, 0.6) is 0 Å². The summed E-state index contributed by atoms with van der Waals surface area (Å²) >= 11 is 28.3. The first kappa shape index (κ1) is 15.6. The lowest BCUT2D eigenvalue weighted by Crippen LogP contribution is -2.20. The van der Waals surface area contributed by atoms with Crippen LogP contribution < -0.4 is 0 Å². The Morgan fingerprint density at radius 1 is 1.12 bits per heavy atom. The van der Waals surface area contributed by atoms with Crippen molar-refractivity contribution in [3.8, 4) is 0 Å². The van der Waals surface area contributed by atoms with E-state index >= 15 is 0 Å². The van der Waals surface area contributed by atoms with Gasteiger partial charge in [-0.15, -0.1) is 0 Å². The van der Waals surface area contributed by atoms with Gasteiger partial charge in [-0.05, 0) is 6.07 Å². The Morgan fingerprint density at radius 3 is 2.12 bits per heavy atom. The minimum Gasteiger partial charge on any atom is -0.263 e. The molecule has 0 saturated heterocycles. The number of halogens is 5. The van der Waals surface area contributed by atoms with Crippen molar-refractivity contribution in [1.29, 1.82) is 0 Å². The summed E-state index contributed by atoms with van der Waals surface area (Å²) in [6, 6.07) is 2.50. The Balaban J connectivity index is 3.29. The molecule has 0 radical (unpaired) electrons. The molecule has 0 heterocycles. The average Bonchev–Trinajstić information content (AvgIpc) is 2.09. The van der Waals surface area contributed by atoms with Gasteiger partial charge in [0.25, 0.3) is 4.52 Å². The zero-order chi connectivity index (χ0) is 13.4. The predicted molar refractivity (Wildman–Crippen MR) is 67.5 cm³/mol. The Bertz CT molecular complexity index is 541. The maximum Gasteiger partial charge on any atom is 0.400 e. The van der Waals surface area contributed by atoms with Crippen LogP contribution in [0, 0.1) is 0 Å². The topological polar surface area (TPSA) is 63.6 Å². The Labute approximate surface area is 122 Å². The van der Waals surface area contributed by atoms with Gasteiger partial charge in [0, 0.05) is 5.56 Å². The van der Waals surface area contributed by atoms with Crippen LogP contribution in [0.1, 0.15) is 5.56 Å². The smallest absolute Gasteiger partial charge is 0.263 e. The molecule has 96 valence electrons. The van der Waals surface area contributed by atoms with Crippen LogP contribution >= 0.6 is 58.0 Å². The largest absolute Gasteiger partial charge is 0.400 e. The van der Waals surface area contributed by atoms with Gasteiger partial charge in [-0.1, -0.05) is 64.1 Å². The van der Waals surface area contributed by atoms with E-state index in [4.69, 9.17) is 62.6 Å². The average molecular weight is 360 g/mol. The van der Waals surface area contributed by atoms with E-state index in [9.17, 15) is 8.42 Å². The van der Waals surface area contributed by atoms with Crippen LogP contribution in [-0.2, 0) is 19.1 Å². The molecule has 0 atom stereocenters. The molecule has 0 aliphatic carbocycles. The standard InChI is InChI=1S/C7H3Cl5O4S/c8-4-2-1-3(5(9)6(4)10)7(11,12)16-17(13,14)15/h1-2H,(H,13,14,15). The van der Waals surface area contributed by atoms with E-state index in [1.54, 1.807) is 0 Å². The number of benzene rings is 1. The van der Waals surface area contributed by atoms with E-state index in [0.29, 0.717) is 0 Å². The molecular formula is C7H3Cl5O4S. The minimum atomic E-state index is -4.87. The van der Waals surface area contributed by atoms with Crippen molar-refractivity contribution in [2.45, 2.75) is 4.52 Å². The second-order valence-electron chi connectivity index (χ2n) is 2.75. The molecule has 0 bridgehead atoms. The fourth-order valence-electron chi connectivity index (χ4n) is 0.928. The van der Waals surface area contributed by atoms with E-state index in [2.05, 4.69) is 4.18 Å². The van der Waals surface area contributed by atoms with Gasteiger partial charge < -0.3 is 0 Å². The van der Waals surface area contributed by atoms with Crippen LogP contribution in [0.15, 0.2) is 12.1 Å². The van der Waals surface area contributed by atoms with Gasteiger partial charge in [0.2, 0.25) is 0 Å². The van der Waals surface area contributed by atoms with Crippen LogP contribution in [0.3, 0.4) is 0 Å². The summed E-state index contributed by atoms with van der Waals surface area (Å²) in [7, 11) is -4.87. The monoisotopic (exact) mass is 358 g/mol. The Kier molecular flexibility index (Phi) is 4.83. The molecule has 0 amide bonds. The molecule has 17 heavy (non-hydrogen) atoms. The highest BCUT2D eigenvalue weighted by atomic mass is 35.5. The van der Waals surface area contributed by atoms with E-state index in [0.717, 1.165) is 0 Å². The van der Waals surface area contributed by atoms with Crippen LogP contribution in [0.2, 0.25) is 15.1 Å². The van der Waals surface area contributed by atoms with Gasteiger partial charge in [0.1, 0.15) is 0 Å². The molecule has 10 heteroatoms. The van der Waals surface area contributed by atoms with Crippen molar-refractivity contribution in [1.82, 2.24) is 0 Å². The first-order valence-corrected chi connectivity index (χ1v) is 7.00. The molecule has 0 spiro atoms. The van der Waals surface area contributed by atoms with E-state index in [1.165, 1.54) is 12.1 Å². The molecule has 0 fully saturated rings. The molecule has 0 unspecified atom stereocenters. The summed E-state index contributed by atoms with van der Waals surface area (Å²) in [4.78, 5) is 0. The first-order chi connectivity index (χ1) is 7.54. The van der Waals surface area contributed by atoms with E-state index < -0.39 is 14.9 Å². The zero-order valence-electron chi connectivity index (χ0n) is 7.62. The van der Waals surface area contributed by atoms with Gasteiger partial charge in [-0.25, -0.2) is 4.18 Å². The normalized spacial score (nSPS) is 12.8. The molecule has 1 aromatic carbocycles. The molecule has 1 rings (SSSR count). The van der Waals surface area contributed by atoms with Crippen molar-refractivity contribution in [2.75, 3.05) is 0 Å². The van der Waals surface area contributed by atoms with Gasteiger partial charge >= 0.3 is 10.4 Å². The van der Waals surface area contributed by atoms with Gasteiger partial charge in [-0.2, -0.15) is 8.42 Å². The summed E-state index contributed by atoms with van der Waals surface area (Å²) in [5.74, 6) is 0. The van der Waals surface area contributed by atoms with Crippen molar-refractivity contribution in [2.24, 2.45) is 0 Å². The molecule has 0 aromatic heterocycles. The summed E-state index contributed by atoms with van der Waals surface area (Å²) < 4.78 is 31.2. The van der Waals surface area contributed by atoms with Crippen LogP contribution in [0.4, 0.5) is 0 Å². The number of hydrogen-bond donors (Lipinski definition) is 1. The molecule has 4 nitrogen and oxygen atoms in total. The second-order valence-corrected chi connectivity index (χ2v) is 6.19. The van der Waals surface area contributed by atoms with E-state index in [-0.39, 0.29) is 20.6 Å². The SMILES string of the molecule is O=S(=O)(O)OC(Cl)(Cl)c1ccc(Cl)c(Cl)c1Cl. The summed E-state index contributed by atoms with van der Waals surface area (Å²) in [5.41, 5.74) is -0.172. The molecular weight excluding hydrogens is 357 g/mol. The molecule has 1 N–H and O–H groups in total. The van der Waals surface area contributed by atoms with Gasteiger partial charge in [0.05, 0.1) is 15.1 Å². The molecule has 0 saturated carbocycles. The van der Waals surface area contributed by atoms with Crippen molar-refractivity contribution in [3.05, 3.63) is 32.8 Å². The van der Waals surface area contributed by atoms with Gasteiger partial charge in [0.15, 0.2) is 0 Å². The maximum absolute atomic E-state index is 10.5. The highest BCUT2D eigenvalue weighted by Crippen LogP contribution is 2.44. The third-order valence-electron chi connectivity index (χ3n) is 1.56. The lowest BCUT2D eigenvalue weighted by molar-refractivity contribution is 0.215. The lowest BCUT2D eigenvalue weighted by Gasteiger charge is -2.19. The van der Waals surface area contributed by atoms with Crippen molar-refractivity contribution < 1.29 is 17.2 Å². The van der Waals surface area contributed by atoms with Gasteiger partial charge in [-0.3, -0.25) is 4.55 Å². The number of rotatable bonds is 3. The highest BCUT2D eigenvalue weighted by molar-refractivity contribution is 7.81. The fraction of sp³-hybridized carbons (Fsp3) is 0.143. The quantitative estimate of drug-likeness (QED) is 0.502. The Morgan fingerprint density at radius 2 is 1.65 bits per heavy atom. The van der Waals surface area contributed by atoms with E-state index in [1.807, 2.05) is 0 Å². The van der Waals surface area contributed by atoms with Crippen LogP contribution in [-0.4, -0.2) is 13.0 Å². The number of alkyl halides is 2. The summed E-state index contributed by atoms with van der Waals surface area (Å²) in [5, 5.41) is -0.139. The zero-order valence-corrected chi connectivity index (χ0v) is 12.2. The third-order valence-corrected chi connectivity index (χ3v) is 4.06. The molecule has 0 aliphatic rings. The van der Waals surface area contributed by atoms with Crippen molar-refractivity contribution >= 4 is 68.4 Å². The minimum absolute atomic E-state index is 0.0737. The van der Waals surface area contributed by atoms with Crippen LogP contribution in [0.25, 0.3) is 0 Å². The predicted octanol–water partition coefficient (Wildman–Crippen LogP) is 4.05.